The van der Waals surface area contributed by atoms with Gasteiger partial charge in [-0.2, -0.15) is 0 Å². The lowest BCUT2D eigenvalue weighted by Crippen LogP contribution is -2.40. The number of carbonyl (C=O) groups excluding carboxylic acids is 2. The van der Waals surface area contributed by atoms with E-state index >= 15 is 0 Å². The second-order valence-corrected chi connectivity index (χ2v) is 7.53. The molecule has 1 aromatic rings. The van der Waals surface area contributed by atoms with Crippen LogP contribution in [0.1, 0.15) is 25.3 Å². The van der Waals surface area contributed by atoms with Gasteiger partial charge in [0.25, 0.3) is 5.91 Å². The second kappa shape index (κ2) is 8.01. The predicted octanol–water partition coefficient (Wildman–Crippen LogP) is 2.91. The molecule has 2 saturated heterocycles. The van der Waals surface area contributed by atoms with Crippen molar-refractivity contribution >= 4 is 46.2 Å². The summed E-state index contributed by atoms with van der Waals surface area (Å²) in [6, 6.07) is 7.53. The van der Waals surface area contributed by atoms with Gasteiger partial charge >= 0.3 is 0 Å². The molecule has 0 saturated carbocycles. The molecule has 0 atom stereocenters. The first-order valence-corrected chi connectivity index (χ1v) is 9.57. The molecule has 7 heteroatoms. The molecule has 2 aliphatic heterocycles. The minimum Gasteiger partial charge on any atom is -0.494 e. The number of hydrogen-bond donors (Lipinski definition) is 0. The van der Waals surface area contributed by atoms with Gasteiger partial charge in [-0.25, -0.2) is 0 Å². The van der Waals surface area contributed by atoms with Gasteiger partial charge < -0.3 is 9.64 Å². The molecule has 2 fully saturated rings. The van der Waals surface area contributed by atoms with Gasteiger partial charge in [-0.3, -0.25) is 14.5 Å². The summed E-state index contributed by atoms with van der Waals surface area (Å²) >= 11 is 6.54. The van der Waals surface area contributed by atoms with E-state index in [9.17, 15) is 9.59 Å². The van der Waals surface area contributed by atoms with Crippen LogP contribution >= 0.6 is 24.0 Å². The third kappa shape index (κ3) is 4.22. The van der Waals surface area contributed by atoms with E-state index in [2.05, 4.69) is 0 Å². The summed E-state index contributed by atoms with van der Waals surface area (Å²) in [4.78, 5) is 28.6. The van der Waals surface area contributed by atoms with Gasteiger partial charge in [-0.15, -0.1) is 0 Å². The van der Waals surface area contributed by atoms with Crippen LogP contribution in [0.3, 0.4) is 0 Å². The average Bonchev–Trinajstić information content (AvgIpc) is 3.22. The minimum absolute atomic E-state index is 0.0314. The van der Waals surface area contributed by atoms with Crippen molar-refractivity contribution < 1.29 is 14.3 Å². The molecule has 2 aliphatic rings. The predicted molar refractivity (Wildman–Crippen MR) is 103 cm³/mol. The van der Waals surface area contributed by atoms with E-state index in [-0.39, 0.29) is 18.4 Å². The number of ether oxygens (including phenoxy) is 1. The molecule has 0 unspecified atom stereocenters. The summed E-state index contributed by atoms with van der Waals surface area (Å²) in [5, 5.41) is 0. The van der Waals surface area contributed by atoms with E-state index in [0.717, 1.165) is 37.2 Å². The summed E-state index contributed by atoms with van der Waals surface area (Å²) in [5.74, 6) is 0.566. The molecule has 0 aromatic heterocycles. The Labute approximate surface area is 157 Å². The van der Waals surface area contributed by atoms with E-state index in [0.29, 0.717) is 15.8 Å². The van der Waals surface area contributed by atoms with Crippen molar-refractivity contribution in [2.75, 3.05) is 26.2 Å². The molecule has 3 rings (SSSR count). The molecule has 0 bridgehead atoms. The highest BCUT2D eigenvalue weighted by atomic mass is 32.2. The lowest BCUT2D eigenvalue weighted by molar-refractivity contribution is -0.134. The van der Waals surface area contributed by atoms with Crippen molar-refractivity contribution in [3.05, 3.63) is 34.7 Å². The number of carbonyl (C=O) groups is 2. The normalized spacial score (nSPS) is 19.2. The van der Waals surface area contributed by atoms with Gasteiger partial charge in [0, 0.05) is 13.1 Å². The number of nitrogens with zero attached hydrogens (tertiary/aromatic N) is 2. The van der Waals surface area contributed by atoms with E-state index in [4.69, 9.17) is 17.0 Å². The van der Waals surface area contributed by atoms with Gasteiger partial charge in [-0.1, -0.05) is 36.1 Å². The van der Waals surface area contributed by atoms with E-state index in [1.54, 1.807) is 11.0 Å². The monoisotopic (exact) mass is 376 g/mol. The third-order valence-electron chi connectivity index (χ3n) is 4.11. The highest BCUT2D eigenvalue weighted by Crippen LogP contribution is 2.32. The number of likely N-dealkylation sites (tertiary alicyclic amines) is 1. The number of rotatable bonds is 5. The summed E-state index contributed by atoms with van der Waals surface area (Å²) < 4.78 is 5.85. The molecule has 132 valence electrons. The molecule has 2 heterocycles. The Bertz CT molecular complexity index is 710. The molecule has 0 radical (unpaired) electrons. The lowest BCUT2D eigenvalue weighted by atomic mass is 10.2. The quantitative estimate of drug-likeness (QED) is 0.584. The Hall–Kier alpha value is -1.86. The Morgan fingerprint density at radius 3 is 2.60 bits per heavy atom. The fraction of sp³-hybridized carbons (Fsp3) is 0.389. The van der Waals surface area contributed by atoms with Gasteiger partial charge in [-0.05, 0) is 43.5 Å². The van der Waals surface area contributed by atoms with Crippen LogP contribution in [-0.4, -0.2) is 52.2 Å². The zero-order chi connectivity index (χ0) is 17.8. The van der Waals surface area contributed by atoms with Crippen LogP contribution in [0.25, 0.3) is 6.08 Å². The zero-order valence-corrected chi connectivity index (χ0v) is 15.7. The van der Waals surface area contributed by atoms with E-state index < -0.39 is 0 Å². The van der Waals surface area contributed by atoms with Crippen LogP contribution in [0.4, 0.5) is 0 Å². The van der Waals surface area contributed by atoms with Crippen LogP contribution < -0.4 is 4.74 Å². The van der Waals surface area contributed by atoms with E-state index in [1.807, 2.05) is 31.2 Å². The molecule has 2 amide bonds. The van der Waals surface area contributed by atoms with Crippen LogP contribution in [-0.2, 0) is 9.59 Å². The standard InChI is InChI=1S/C18H20N2O3S2/c1-2-23-14-7-5-13(6-8-14)11-15-17(22)20(18(24)25-15)12-16(21)19-9-3-4-10-19/h5-8,11H,2-4,9-10,12H2,1H3. The Kier molecular flexibility index (Phi) is 5.75. The Balaban J connectivity index is 1.68. The lowest BCUT2D eigenvalue weighted by Gasteiger charge is -2.19. The Morgan fingerprint density at radius 1 is 1.28 bits per heavy atom. The first-order valence-electron chi connectivity index (χ1n) is 8.34. The minimum atomic E-state index is -0.198. The summed E-state index contributed by atoms with van der Waals surface area (Å²) in [6.45, 7) is 4.13. The third-order valence-corrected chi connectivity index (χ3v) is 5.49. The van der Waals surface area contributed by atoms with Crippen molar-refractivity contribution in [3.8, 4) is 5.75 Å². The second-order valence-electron chi connectivity index (χ2n) is 5.86. The van der Waals surface area contributed by atoms with Crippen molar-refractivity contribution in [2.24, 2.45) is 0 Å². The fourth-order valence-corrected chi connectivity index (χ4v) is 4.07. The molecule has 0 aliphatic carbocycles. The molecule has 25 heavy (non-hydrogen) atoms. The number of thiocarbonyl (C=S) groups is 1. The van der Waals surface area contributed by atoms with Gasteiger partial charge in [0.15, 0.2) is 0 Å². The fourth-order valence-electron chi connectivity index (χ4n) is 2.82. The Morgan fingerprint density at radius 2 is 1.96 bits per heavy atom. The average molecular weight is 377 g/mol. The number of thioether (sulfide) groups is 1. The van der Waals surface area contributed by atoms with Crippen LogP contribution in [0.2, 0.25) is 0 Å². The number of benzene rings is 1. The molecular formula is C18H20N2O3S2. The maximum atomic E-state index is 12.6. The van der Waals surface area contributed by atoms with Crippen LogP contribution in [0.15, 0.2) is 29.2 Å². The highest BCUT2D eigenvalue weighted by Gasteiger charge is 2.34. The summed E-state index contributed by atoms with van der Waals surface area (Å²) in [6.07, 6.45) is 3.86. The maximum absolute atomic E-state index is 12.6. The van der Waals surface area contributed by atoms with E-state index in [1.165, 1.54) is 16.7 Å². The van der Waals surface area contributed by atoms with Gasteiger partial charge in [0.2, 0.25) is 5.91 Å². The zero-order valence-electron chi connectivity index (χ0n) is 14.1. The topological polar surface area (TPSA) is 49.9 Å². The largest absolute Gasteiger partial charge is 0.494 e. The summed E-state index contributed by atoms with van der Waals surface area (Å²) in [5.41, 5.74) is 0.898. The SMILES string of the molecule is CCOc1ccc(C=C2SC(=S)N(CC(=O)N3CCCC3)C2=O)cc1. The maximum Gasteiger partial charge on any atom is 0.266 e. The molecular weight excluding hydrogens is 356 g/mol. The van der Waals surface area contributed by atoms with Crippen molar-refractivity contribution in [3.63, 3.8) is 0 Å². The molecule has 1 aromatic carbocycles. The smallest absolute Gasteiger partial charge is 0.266 e. The molecule has 0 N–H and O–H groups in total. The van der Waals surface area contributed by atoms with Crippen LogP contribution in [0, 0.1) is 0 Å². The van der Waals surface area contributed by atoms with Crippen molar-refractivity contribution in [1.29, 1.82) is 0 Å². The van der Waals surface area contributed by atoms with Gasteiger partial charge in [0.1, 0.15) is 16.6 Å². The first-order chi connectivity index (χ1) is 12.1. The summed E-state index contributed by atoms with van der Waals surface area (Å²) in [7, 11) is 0. The number of amides is 2. The van der Waals surface area contributed by atoms with Gasteiger partial charge in [0.05, 0.1) is 11.5 Å². The van der Waals surface area contributed by atoms with Crippen molar-refractivity contribution in [2.45, 2.75) is 19.8 Å². The number of hydrogen-bond acceptors (Lipinski definition) is 5. The van der Waals surface area contributed by atoms with Crippen molar-refractivity contribution in [1.82, 2.24) is 9.80 Å². The molecule has 5 nitrogen and oxygen atoms in total. The molecule has 0 spiro atoms. The highest BCUT2D eigenvalue weighted by molar-refractivity contribution is 8.26. The first kappa shape index (κ1) is 17.9. The van der Waals surface area contributed by atoms with Crippen LogP contribution in [0.5, 0.6) is 5.75 Å².